The third-order valence-corrected chi connectivity index (χ3v) is 5.16. The molecule has 3 aromatic rings. The molecule has 0 bridgehead atoms. The normalized spacial score (nSPS) is 11.0. The first kappa shape index (κ1) is 14.9. The van der Waals surface area contributed by atoms with Crippen molar-refractivity contribution in [2.75, 3.05) is 0 Å². The monoisotopic (exact) mass is 427 g/mol. The van der Waals surface area contributed by atoms with Crippen LogP contribution in [0, 0.1) is 0 Å². The summed E-state index contributed by atoms with van der Waals surface area (Å²) in [4.78, 5) is 1.26. The molecule has 0 aliphatic rings. The zero-order valence-corrected chi connectivity index (χ0v) is 14.8. The van der Waals surface area contributed by atoms with E-state index in [1.807, 2.05) is 24.3 Å². The Labute approximate surface area is 142 Å². The van der Waals surface area contributed by atoms with E-state index in [1.165, 1.54) is 4.88 Å². The lowest BCUT2D eigenvalue weighted by atomic mass is 10.2. The van der Waals surface area contributed by atoms with Gasteiger partial charge in [0.05, 0.1) is 12.1 Å². The van der Waals surface area contributed by atoms with Crippen molar-refractivity contribution >= 4 is 43.2 Å². The Balaban J connectivity index is 1.62. The smallest absolute Gasteiger partial charge is 0.248 e. The van der Waals surface area contributed by atoms with Crippen LogP contribution in [0.15, 0.2) is 49.1 Å². The molecule has 0 atom stereocenters. The fourth-order valence-corrected chi connectivity index (χ4v) is 3.68. The van der Waals surface area contributed by atoms with Gasteiger partial charge in [0, 0.05) is 25.7 Å². The van der Waals surface area contributed by atoms with Crippen molar-refractivity contribution in [1.29, 1.82) is 0 Å². The summed E-state index contributed by atoms with van der Waals surface area (Å²) < 4.78 is 7.72. The standard InChI is InChI=1S/C14H11Br2N3OS/c15-9-5-10(21-8-9)6-17-7-13-18-19-14(20-13)11-3-1-2-4-12(11)16/h1-5,8,17H,6-7H2. The molecule has 1 N–H and O–H groups in total. The van der Waals surface area contributed by atoms with Crippen LogP contribution in [0.25, 0.3) is 11.5 Å². The third-order valence-electron chi connectivity index (χ3n) is 2.77. The fourth-order valence-electron chi connectivity index (χ4n) is 1.81. The molecule has 0 aliphatic carbocycles. The summed E-state index contributed by atoms with van der Waals surface area (Å²) in [6.07, 6.45) is 0. The minimum Gasteiger partial charge on any atom is -0.419 e. The van der Waals surface area contributed by atoms with Crippen LogP contribution in [0.5, 0.6) is 0 Å². The first-order valence-electron chi connectivity index (χ1n) is 6.23. The van der Waals surface area contributed by atoms with Gasteiger partial charge in [0.2, 0.25) is 11.8 Å². The molecule has 0 amide bonds. The van der Waals surface area contributed by atoms with E-state index in [2.05, 4.69) is 58.8 Å². The van der Waals surface area contributed by atoms with Gasteiger partial charge in [0.1, 0.15) is 0 Å². The SMILES string of the molecule is Brc1csc(CNCc2nnc(-c3ccccc3Br)o2)c1. The first-order chi connectivity index (χ1) is 10.2. The molecule has 108 valence electrons. The Morgan fingerprint density at radius 2 is 2.00 bits per heavy atom. The molecule has 4 nitrogen and oxygen atoms in total. The lowest BCUT2D eigenvalue weighted by molar-refractivity contribution is 0.478. The van der Waals surface area contributed by atoms with Gasteiger partial charge in [0.15, 0.2) is 0 Å². The van der Waals surface area contributed by atoms with Crippen molar-refractivity contribution in [2.45, 2.75) is 13.1 Å². The Morgan fingerprint density at radius 3 is 2.76 bits per heavy atom. The molecule has 2 aromatic heterocycles. The van der Waals surface area contributed by atoms with Gasteiger partial charge in [-0.3, -0.25) is 0 Å². The molecule has 2 heterocycles. The van der Waals surface area contributed by atoms with Gasteiger partial charge in [-0.2, -0.15) is 0 Å². The Morgan fingerprint density at radius 1 is 1.14 bits per heavy atom. The van der Waals surface area contributed by atoms with E-state index in [-0.39, 0.29) is 0 Å². The largest absolute Gasteiger partial charge is 0.419 e. The van der Waals surface area contributed by atoms with E-state index in [9.17, 15) is 0 Å². The van der Waals surface area contributed by atoms with Crippen molar-refractivity contribution < 1.29 is 4.42 Å². The number of halogens is 2. The Kier molecular flexibility index (Phi) is 4.84. The molecule has 0 spiro atoms. The average Bonchev–Trinajstić information content (AvgIpc) is 3.09. The van der Waals surface area contributed by atoms with Crippen molar-refractivity contribution in [3.8, 4) is 11.5 Å². The van der Waals surface area contributed by atoms with Crippen LogP contribution in [0.4, 0.5) is 0 Å². The second-order valence-corrected chi connectivity index (χ2v) is 7.08. The van der Waals surface area contributed by atoms with E-state index in [4.69, 9.17) is 4.42 Å². The van der Waals surface area contributed by atoms with Crippen molar-refractivity contribution in [3.63, 3.8) is 0 Å². The number of nitrogens with one attached hydrogen (secondary N) is 1. The van der Waals surface area contributed by atoms with E-state index in [0.717, 1.165) is 21.1 Å². The molecular weight excluding hydrogens is 418 g/mol. The number of thiophene rings is 1. The number of hydrogen-bond donors (Lipinski definition) is 1. The Bertz CT molecular complexity index is 741. The van der Waals surface area contributed by atoms with Crippen LogP contribution >= 0.6 is 43.2 Å². The topological polar surface area (TPSA) is 51.0 Å². The maximum absolute atomic E-state index is 5.67. The first-order valence-corrected chi connectivity index (χ1v) is 8.70. The fraction of sp³-hybridized carbons (Fsp3) is 0.143. The van der Waals surface area contributed by atoms with Crippen LogP contribution in [0.3, 0.4) is 0 Å². The van der Waals surface area contributed by atoms with Crippen LogP contribution in [0.2, 0.25) is 0 Å². The molecule has 21 heavy (non-hydrogen) atoms. The highest BCUT2D eigenvalue weighted by Crippen LogP contribution is 2.26. The molecule has 0 aliphatic heterocycles. The van der Waals surface area contributed by atoms with Gasteiger partial charge in [0.25, 0.3) is 0 Å². The van der Waals surface area contributed by atoms with E-state index < -0.39 is 0 Å². The van der Waals surface area contributed by atoms with E-state index in [1.54, 1.807) is 11.3 Å². The highest BCUT2D eigenvalue weighted by molar-refractivity contribution is 9.10. The number of nitrogens with zero attached hydrogens (tertiary/aromatic N) is 2. The highest BCUT2D eigenvalue weighted by atomic mass is 79.9. The maximum Gasteiger partial charge on any atom is 0.248 e. The predicted octanol–water partition coefficient (Wildman–Crippen LogP) is 4.61. The second kappa shape index (κ2) is 6.83. The molecule has 0 radical (unpaired) electrons. The average molecular weight is 429 g/mol. The van der Waals surface area contributed by atoms with Crippen molar-refractivity contribution in [2.24, 2.45) is 0 Å². The molecular formula is C14H11Br2N3OS. The zero-order valence-electron chi connectivity index (χ0n) is 10.8. The minimum atomic E-state index is 0.526. The molecule has 7 heteroatoms. The summed E-state index contributed by atoms with van der Waals surface area (Å²) in [7, 11) is 0. The number of hydrogen-bond acceptors (Lipinski definition) is 5. The van der Waals surface area contributed by atoms with Crippen molar-refractivity contribution in [3.05, 3.63) is 55.4 Å². The minimum absolute atomic E-state index is 0.526. The number of aromatic nitrogens is 2. The van der Waals surface area contributed by atoms with Gasteiger partial charge in [-0.05, 0) is 50.1 Å². The number of rotatable bonds is 5. The molecule has 0 unspecified atom stereocenters. The predicted molar refractivity (Wildman–Crippen MR) is 90.0 cm³/mol. The summed E-state index contributed by atoms with van der Waals surface area (Å²) in [5.74, 6) is 1.11. The van der Waals surface area contributed by atoms with Gasteiger partial charge in [-0.25, -0.2) is 0 Å². The summed E-state index contributed by atoms with van der Waals surface area (Å²) in [6.45, 7) is 1.33. The van der Waals surface area contributed by atoms with Crippen LogP contribution in [-0.2, 0) is 13.1 Å². The molecule has 0 saturated heterocycles. The molecule has 0 fully saturated rings. The van der Waals surface area contributed by atoms with Gasteiger partial charge in [-0.15, -0.1) is 21.5 Å². The van der Waals surface area contributed by atoms with E-state index >= 15 is 0 Å². The van der Waals surface area contributed by atoms with Crippen LogP contribution < -0.4 is 5.32 Å². The highest BCUT2D eigenvalue weighted by Gasteiger charge is 2.10. The Hall–Kier alpha value is -1.02. The van der Waals surface area contributed by atoms with Gasteiger partial charge >= 0.3 is 0 Å². The lowest BCUT2D eigenvalue weighted by Gasteiger charge is -1.99. The summed E-state index contributed by atoms with van der Waals surface area (Å²) in [6, 6.07) is 9.88. The van der Waals surface area contributed by atoms with Crippen LogP contribution in [-0.4, -0.2) is 10.2 Å². The van der Waals surface area contributed by atoms with Gasteiger partial charge < -0.3 is 9.73 Å². The zero-order chi connectivity index (χ0) is 14.7. The third kappa shape index (κ3) is 3.79. The van der Waals surface area contributed by atoms with E-state index in [0.29, 0.717) is 18.3 Å². The van der Waals surface area contributed by atoms with Crippen LogP contribution in [0.1, 0.15) is 10.8 Å². The quantitative estimate of drug-likeness (QED) is 0.644. The molecule has 0 saturated carbocycles. The summed E-state index contributed by atoms with van der Waals surface area (Å²) in [5, 5.41) is 13.5. The van der Waals surface area contributed by atoms with Gasteiger partial charge in [-0.1, -0.05) is 12.1 Å². The van der Waals surface area contributed by atoms with Crippen molar-refractivity contribution in [1.82, 2.24) is 15.5 Å². The lowest BCUT2D eigenvalue weighted by Crippen LogP contribution is -2.11. The molecule has 1 aromatic carbocycles. The maximum atomic E-state index is 5.67. The second-order valence-electron chi connectivity index (χ2n) is 4.32. The molecule has 3 rings (SSSR count). The summed E-state index contributed by atoms with van der Waals surface area (Å²) in [5.41, 5.74) is 0.901. The number of benzene rings is 1. The summed E-state index contributed by atoms with van der Waals surface area (Å²) >= 11 is 8.63.